The second kappa shape index (κ2) is 3.82. The maximum atomic E-state index is 12.6. The smallest absolute Gasteiger partial charge is 0.230 e. The summed E-state index contributed by atoms with van der Waals surface area (Å²) in [6.45, 7) is 3.05. The first-order valence-corrected chi connectivity index (χ1v) is 6.93. The molecule has 18 heavy (non-hydrogen) atoms. The van der Waals surface area contributed by atoms with Crippen LogP contribution in [0.3, 0.4) is 0 Å². The standard InChI is InChI=1S/C15H18N2O/c18-15(13-7-10-3-1-2-4-12(10)13)17-6-5-11-8-16-9-14(11)17/h1-4,11,13-14,16H,5-9H2/t11-,13?,14+/m1/s1. The molecule has 3 nitrogen and oxygen atoms in total. The van der Waals surface area contributed by atoms with Gasteiger partial charge in [0.2, 0.25) is 5.91 Å². The molecule has 1 aromatic carbocycles. The van der Waals surface area contributed by atoms with Gasteiger partial charge in [-0.05, 0) is 29.9 Å². The van der Waals surface area contributed by atoms with Crippen LogP contribution in [0.25, 0.3) is 0 Å². The largest absolute Gasteiger partial charge is 0.338 e. The first kappa shape index (κ1) is 10.6. The Morgan fingerprint density at radius 1 is 1.28 bits per heavy atom. The fourth-order valence-electron chi connectivity index (χ4n) is 3.80. The average molecular weight is 242 g/mol. The predicted octanol–water partition coefficient (Wildman–Crippen LogP) is 1.15. The van der Waals surface area contributed by atoms with Gasteiger partial charge in [0.1, 0.15) is 0 Å². The molecule has 2 aliphatic heterocycles. The quantitative estimate of drug-likeness (QED) is 0.801. The van der Waals surface area contributed by atoms with Crippen molar-refractivity contribution in [2.24, 2.45) is 5.92 Å². The number of likely N-dealkylation sites (tertiary alicyclic amines) is 1. The highest BCUT2D eigenvalue weighted by Crippen LogP contribution is 2.38. The Balaban J connectivity index is 1.55. The third-order valence-corrected chi connectivity index (χ3v) is 4.88. The second-order valence-corrected chi connectivity index (χ2v) is 5.76. The molecule has 1 amide bonds. The van der Waals surface area contributed by atoms with Crippen molar-refractivity contribution in [3.05, 3.63) is 35.4 Å². The second-order valence-electron chi connectivity index (χ2n) is 5.76. The molecule has 94 valence electrons. The minimum absolute atomic E-state index is 0.139. The molecule has 1 aromatic rings. The third kappa shape index (κ3) is 1.37. The minimum Gasteiger partial charge on any atom is -0.338 e. The molecule has 0 aromatic heterocycles. The van der Waals surface area contributed by atoms with E-state index in [2.05, 4.69) is 28.4 Å². The molecule has 0 bridgehead atoms. The lowest BCUT2D eigenvalue weighted by molar-refractivity contribution is -0.134. The highest BCUT2D eigenvalue weighted by atomic mass is 16.2. The van der Waals surface area contributed by atoms with Gasteiger partial charge in [0.25, 0.3) is 0 Å². The Labute approximate surface area is 107 Å². The van der Waals surface area contributed by atoms with Gasteiger partial charge in [0, 0.05) is 25.7 Å². The van der Waals surface area contributed by atoms with Gasteiger partial charge in [-0.2, -0.15) is 0 Å². The molecule has 1 unspecified atom stereocenters. The van der Waals surface area contributed by atoms with Gasteiger partial charge in [0.15, 0.2) is 0 Å². The summed E-state index contributed by atoms with van der Waals surface area (Å²) in [6.07, 6.45) is 2.12. The van der Waals surface area contributed by atoms with Crippen molar-refractivity contribution >= 4 is 5.91 Å². The zero-order valence-electron chi connectivity index (χ0n) is 10.4. The zero-order valence-corrected chi connectivity index (χ0v) is 10.4. The van der Waals surface area contributed by atoms with E-state index in [1.54, 1.807) is 0 Å². The minimum atomic E-state index is 0.139. The molecular weight excluding hydrogens is 224 g/mol. The number of benzene rings is 1. The molecule has 2 heterocycles. The fourth-order valence-corrected chi connectivity index (χ4v) is 3.80. The lowest BCUT2D eigenvalue weighted by Crippen LogP contribution is -2.44. The highest BCUT2D eigenvalue weighted by molar-refractivity contribution is 5.87. The molecule has 1 aliphatic carbocycles. The summed E-state index contributed by atoms with van der Waals surface area (Å²) in [5.74, 6) is 1.20. The molecule has 3 heteroatoms. The van der Waals surface area contributed by atoms with Gasteiger partial charge in [-0.25, -0.2) is 0 Å². The van der Waals surface area contributed by atoms with Gasteiger partial charge >= 0.3 is 0 Å². The summed E-state index contributed by atoms with van der Waals surface area (Å²) in [4.78, 5) is 14.8. The van der Waals surface area contributed by atoms with E-state index >= 15 is 0 Å². The van der Waals surface area contributed by atoms with E-state index in [1.165, 1.54) is 17.5 Å². The molecule has 0 saturated carbocycles. The van der Waals surface area contributed by atoms with Crippen molar-refractivity contribution in [1.82, 2.24) is 10.2 Å². The number of hydrogen-bond donors (Lipinski definition) is 1. The van der Waals surface area contributed by atoms with E-state index in [1.807, 2.05) is 6.07 Å². The number of hydrogen-bond acceptors (Lipinski definition) is 2. The summed E-state index contributed by atoms with van der Waals surface area (Å²) in [6, 6.07) is 8.82. The fraction of sp³-hybridized carbons (Fsp3) is 0.533. The molecule has 3 aliphatic rings. The van der Waals surface area contributed by atoms with E-state index in [-0.39, 0.29) is 5.92 Å². The number of nitrogens with zero attached hydrogens (tertiary/aromatic N) is 1. The number of carbonyl (C=O) groups excluding carboxylic acids is 1. The molecule has 0 radical (unpaired) electrons. The number of rotatable bonds is 1. The van der Waals surface area contributed by atoms with Gasteiger partial charge < -0.3 is 10.2 Å². The number of carbonyl (C=O) groups is 1. The summed E-state index contributed by atoms with van der Waals surface area (Å²) < 4.78 is 0. The topological polar surface area (TPSA) is 32.3 Å². The Morgan fingerprint density at radius 3 is 3.06 bits per heavy atom. The van der Waals surface area contributed by atoms with Crippen LogP contribution in [0, 0.1) is 5.92 Å². The van der Waals surface area contributed by atoms with E-state index in [4.69, 9.17) is 0 Å². The van der Waals surface area contributed by atoms with Crippen molar-refractivity contribution < 1.29 is 4.79 Å². The maximum absolute atomic E-state index is 12.6. The van der Waals surface area contributed by atoms with Gasteiger partial charge in [-0.3, -0.25) is 4.79 Å². The van der Waals surface area contributed by atoms with Crippen LogP contribution < -0.4 is 5.32 Å². The van der Waals surface area contributed by atoms with Gasteiger partial charge in [-0.1, -0.05) is 24.3 Å². The Bertz CT molecular complexity index is 499. The molecule has 1 N–H and O–H groups in total. The Hall–Kier alpha value is -1.35. The molecule has 2 fully saturated rings. The van der Waals surface area contributed by atoms with Crippen LogP contribution in [-0.2, 0) is 11.2 Å². The van der Waals surface area contributed by atoms with Crippen LogP contribution in [0.1, 0.15) is 23.5 Å². The average Bonchev–Trinajstić information content (AvgIpc) is 2.92. The first-order chi connectivity index (χ1) is 8.84. The number of amides is 1. The van der Waals surface area contributed by atoms with Gasteiger partial charge in [0.05, 0.1) is 5.92 Å². The lowest BCUT2D eigenvalue weighted by Gasteiger charge is -2.34. The molecule has 2 saturated heterocycles. The van der Waals surface area contributed by atoms with Crippen LogP contribution in [-0.4, -0.2) is 36.5 Å². The molecule has 0 spiro atoms. The summed E-state index contributed by atoms with van der Waals surface area (Å²) >= 11 is 0. The third-order valence-electron chi connectivity index (χ3n) is 4.88. The van der Waals surface area contributed by atoms with Crippen LogP contribution in [0.15, 0.2) is 24.3 Å². The zero-order chi connectivity index (χ0) is 12.1. The Morgan fingerprint density at radius 2 is 2.17 bits per heavy atom. The monoisotopic (exact) mass is 242 g/mol. The van der Waals surface area contributed by atoms with Crippen molar-refractivity contribution in [1.29, 1.82) is 0 Å². The number of fused-ring (bicyclic) bond motifs is 2. The van der Waals surface area contributed by atoms with Crippen molar-refractivity contribution in [3.63, 3.8) is 0 Å². The van der Waals surface area contributed by atoms with Crippen LogP contribution in [0.2, 0.25) is 0 Å². The van der Waals surface area contributed by atoms with E-state index < -0.39 is 0 Å². The van der Waals surface area contributed by atoms with E-state index in [0.29, 0.717) is 17.9 Å². The van der Waals surface area contributed by atoms with Crippen LogP contribution in [0.5, 0.6) is 0 Å². The molecule has 3 atom stereocenters. The highest BCUT2D eigenvalue weighted by Gasteiger charge is 2.44. The maximum Gasteiger partial charge on any atom is 0.230 e. The summed E-state index contributed by atoms with van der Waals surface area (Å²) in [7, 11) is 0. The first-order valence-electron chi connectivity index (χ1n) is 6.93. The number of nitrogens with one attached hydrogen (secondary N) is 1. The van der Waals surface area contributed by atoms with Gasteiger partial charge in [-0.15, -0.1) is 0 Å². The van der Waals surface area contributed by atoms with Crippen LogP contribution >= 0.6 is 0 Å². The summed E-state index contributed by atoms with van der Waals surface area (Å²) in [5, 5.41) is 3.41. The Kier molecular flexibility index (Phi) is 2.24. The molecular formula is C15H18N2O. The van der Waals surface area contributed by atoms with E-state index in [9.17, 15) is 4.79 Å². The van der Waals surface area contributed by atoms with E-state index in [0.717, 1.165) is 26.1 Å². The van der Waals surface area contributed by atoms with Crippen molar-refractivity contribution in [3.8, 4) is 0 Å². The van der Waals surface area contributed by atoms with Crippen molar-refractivity contribution in [2.75, 3.05) is 19.6 Å². The van der Waals surface area contributed by atoms with Crippen LogP contribution in [0.4, 0.5) is 0 Å². The lowest BCUT2D eigenvalue weighted by atomic mass is 9.76. The normalized spacial score (nSPS) is 32.9. The SMILES string of the molecule is O=C(C1Cc2ccccc21)N1CC[C@@H]2CNC[C@@H]21. The van der Waals surface area contributed by atoms with Crippen molar-refractivity contribution in [2.45, 2.75) is 24.8 Å². The summed E-state index contributed by atoms with van der Waals surface area (Å²) in [5.41, 5.74) is 2.62. The predicted molar refractivity (Wildman–Crippen MR) is 69.4 cm³/mol. The molecule has 4 rings (SSSR count).